The van der Waals surface area contributed by atoms with Crippen molar-refractivity contribution >= 4 is 39.5 Å². The first kappa shape index (κ1) is 85.1. The molecule has 0 radical (unpaired) electrons. The summed E-state index contributed by atoms with van der Waals surface area (Å²) in [5.41, 5.74) is 0. The molecule has 0 fully saturated rings. The molecule has 3 N–H and O–H groups in total. The van der Waals surface area contributed by atoms with Crippen LogP contribution >= 0.6 is 15.6 Å². The lowest BCUT2D eigenvalue weighted by Gasteiger charge is -2.21. The van der Waals surface area contributed by atoms with Crippen LogP contribution in [-0.4, -0.2) is 96.7 Å². The number of esters is 4. The van der Waals surface area contributed by atoms with Crippen LogP contribution in [0.2, 0.25) is 0 Å². The summed E-state index contributed by atoms with van der Waals surface area (Å²) in [6, 6.07) is 0. The van der Waals surface area contributed by atoms with Gasteiger partial charge in [-0.25, -0.2) is 9.13 Å². The van der Waals surface area contributed by atoms with Crippen LogP contribution in [0.15, 0.2) is 0 Å². The van der Waals surface area contributed by atoms with Gasteiger partial charge in [0.25, 0.3) is 0 Å². The molecule has 0 heterocycles. The number of phosphoric ester groups is 2. The van der Waals surface area contributed by atoms with Crippen molar-refractivity contribution in [1.82, 2.24) is 0 Å². The second-order valence-electron chi connectivity index (χ2n) is 26.2. The highest BCUT2D eigenvalue weighted by Crippen LogP contribution is 2.45. The molecule has 0 aromatic rings. The first-order chi connectivity index (χ1) is 41.6. The number of hydrogen-bond donors (Lipinski definition) is 3. The monoisotopic (exact) mass is 1280 g/mol. The number of carbonyl (C=O) groups excluding carboxylic acids is 4. The molecule has 19 heteroatoms. The van der Waals surface area contributed by atoms with Crippen LogP contribution in [0.5, 0.6) is 0 Å². The van der Waals surface area contributed by atoms with Gasteiger partial charge in [-0.1, -0.05) is 280 Å². The Bertz CT molecular complexity index is 1730. The van der Waals surface area contributed by atoms with Crippen LogP contribution < -0.4 is 0 Å². The van der Waals surface area contributed by atoms with E-state index in [-0.39, 0.29) is 25.7 Å². The van der Waals surface area contributed by atoms with E-state index in [2.05, 4.69) is 55.4 Å². The molecule has 516 valence electrons. The molecule has 0 aliphatic heterocycles. The van der Waals surface area contributed by atoms with Crippen molar-refractivity contribution in [2.24, 2.45) is 23.7 Å². The van der Waals surface area contributed by atoms with E-state index in [0.29, 0.717) is 31.6 Å². The number of ether oxygens (including phenoxy) is 4. The molecule has 0 aliphatic carbocycles. The van der Waals surface area contributed by atoms with Gasteiger partial charge < -0.3 is 33.8 Å². The number of unbranched alkanes of at least 4 members (excludes halogenated alkanes) is 30. The summed E-state index contributed by atoms with van der Waals surface area (Å²) in [6.45, 7) is 14.0. The zero-order chi connectivity index (χ0) is 64.7. The van der Waals surface area contributed by atoms with Crippen LogP contribution in [0.25, 0.3) is 0 Å². The van der Waals surface area contributed by atoms with Crippen molar-refractivity contribution in [2.75, 3.05) is 39.6 Å². The minimum atomic E-state index is -4.95. The Morgan fingerprint density at radius 3 is 0.816 bits per heavy atom. The van der Waals surface area contributed by atoms with Crippen molar-refractivity contribution in [3.05, 3.63) is 0 Å². The lowest BCUT2D eigenvalue weighted by atomic mass is 9.99. The van der Waals surface area contributed by atoms with Gasteiger partial charge in [-0.05, 0) is 49.4 Å². The fraction of sp³-hybridized carbons (Fsp3) is 0.941. The van der Waals surface area contributed by atoms with Crippen LogP contribution in [0.4, 0.5) is 0 Å². The standard InChI is InChI=1S/C68H132O17P2/c1-9-61(8)47-39-31-22-15-11-13-16-23-32-40-48-65(70)78-54-63(84-67(72)50-42-34-24-17-12-10-14-20-28-36-44-58(2)3)56-82-86(74,75)80-52-62(69)53-81-87(76,77)83-57-64(55-79-66(71)49-41-33-27-26-30-38-46-60(6)7)85-68(73)51-43-35-25-19-18-21-29-37-45-59(4)5/h58-64,69H,9-57H2,1-8H3,(H,74,75)(H,76,77)/t61?,62-,63-,64-/m1/s1. The lowest BCUT2D eigenvalue weighted by Crippen LogP contribution is -2.30. The Kier molecular flexibility index (Phi) is 56.6. The van der Waals surface area contributed by atoms with E-state index in [1.807, 2.05) is 0 Å². The van der Waals surface area contributed by atoms with Gasteiger partial charge >= 0.3 is 39.5 Å². The van der Waals surface area contributed by atoms with Crippen LogP contribution in [0.1, 0.15) is 331 Å². The van der Waals surface area contributed by atoms with Crippen molar-refractivity contribution in [3.63, 3.8) is 0 Å². The summed E-state index contributed by atoms with van der Waals surface area (Å²) in [5, 5.41) is 10.6. The first-order valence-electron chi connectivity index (χ1n) is 35.2. The summed E-state index contributed by atoms with van der Waals surface area (Å²) in [6.07, 6.45) is 39.0. The Morgan fingerprint density at radius 2 is 0.552 bits per heavy atom. The minimum absolute atomic E-state index is 0.103. The third kappa shape index (κ3) is 61.3. The lowest BCUT2D eigenvalue weighted by molar-refractivity contribution is -0.161. The van der Waals surface area contributed by atoms with Gasteiger partial charge in [0, 0.05) is 25.7 Å². The number of hydrogen-bond acceptors (Lipinski definition) is 15. The van der Waals surface area contributed by atoms with Gasteiger partial charge in [-0.2, -0.15) is 0 Å². The molecule has 0 amide bonds. The Morgan fingerprint density at radius 1 is 0.322 bits per heavy atom. The van der Waals surface area contributed by atoms with E-state index < -0.39 is 97.5 Å². The molecule has 0 aliphatic rings. The first-order valence-corrected chi connectivity index (χ1v) is 38.2. The summed E-state index contributed by atoms with van der Waals surface area (Å²) >= 11 is 0. The quantitative estimate of drug-likeness (QED) is 0.0222. The summed E-state index contributed by atoms with van der Waals surface area (Å²) in [5.74, 6) is 0.824. The highest BCUT2D eigenvalue weighted by molar-refractivity contribution is 7.47. The summed E-state index contributed by atoms with van der Waals surface area (Å²) in [4.78, 5) is 72.4. The molecular weight excluding hydrogens is 1150 g/mol. The van der Waals surface area contributed by atoms with Gasteiger partial charge in [0.05, 0.1) is 26.4 Å². The minimum Gasteiger partial charge on any atom is -0.462 e. The van der Waals surface area contributed by atoms with E-state index in [4.69, 9.17) is 37.0 Å². The van der Waals surface area contributed by atoms with E-state index in [1.165, 1.54) is 128 Å². The van der Waals surface area contributed by atoms with Crippen LogP contribution in [0.3, 0.4) is 0 Å². The average Bonchev–Trinajstić information content (AvgIpc) is 3.61. The Labute approximate surface area is 530 Å². The molecule has 0 aromatic heterocycles. The molecule has 0 saturated carbocycles. The maximum absolute atomic E-state index is 13.0. The molecular formula is C68H132O17P2. The van der Waals surface area contributed by atoms with E-state index >= 15 is 0 Å². The molecule has 3 unspecified atom stereocenters. The van der Waals surface area contributed by atoms with Crippen LogP contribution in [0, 0.1) is 23.7 Å². The van der Waals surface area contributed by atoms with Crippen LogP contribution in [-0.2, 0) is 65.4 Å². The van der Waals surface area contributed by atoms with E-state index in [1.54, 1.807) is 0 Å². The average molecular weight is 1280 g/mol. The van der Waals surface area contributed by atoms with Crippen molar-refractivity contribution in [1.29, 1.82) is 0 Å². The van der Waals surface area contributed by atoms with Crippen molar-refractivity contribution in [3.8, 4) is 0 Å². The Balaban J connectivity index is 5.25. The summed E-state index contributed by atoms with van der Waals surface area (Å²) in [7, 11) is -9.90. The fourth-order valence-corrected chi connectivity index (χ4v) is 11.7. The zero-order valence-corrected chi connectivity index (χ0v) is 58.4. The normalized spacial score (nSPS) is 14.6. The van der Waals surface area contributed by atoms with Gasteiger partial charge in [-0.15, -0.1) is 0 Å². The highest BCUT2D eigenvalue weighted by Gasteiger charge is 2.30. The number of carbonyl (C=O) groups is 4. The third-order valence-electron chi connectivity index (χ3n) is 15.9. The Hall–Kier alpha value is -1.94. The fourth-order valence-electron chi connectivity index (χ4n) is 10.1. The van der Waals surface area contributed by atoms with Gasteiger partial charge in [0.2, 0.25) is 0 Å². The molecule has 0 rings (SSSR count). The maximum Gasteiger partial charge on any atom is 0.472 e. The second-order valence-corrected chi connectivity index (χ2v) is 29.1. The largest absolute Gasteiger partial charge is 0.472 e. The topological polar surface area (TPSA) is 237 Å². The molecule has 0 spiro atoms. The van der Waals surface area contributed by atoms with Gasteiger partial charge in [0.15, 0.2) is 12.2 Å². The molecule has 0 bridgehead atoms. The number of rotatable bonds is 65. The van der Waals surface area contributed by atoms with Gasteiger partial charge in [-0.3, -0.25) is 37.3 Å². The highest BCUT2D eigenvalue weighted by atomic mass is 31.2. The zero-order valence-electron chi connectivity index (χ0n) is 56.6. The molecule has 17 nitrogen and oxygen atoms in total. The smallest absolute Gasteiger partial charge is 0.462 e. The molecule has 87 heavy (non-hydrogen) atoms. The SMILES string of the molecule is CCC(C)CCCCCCCCCCCCC(=O)OC[C@H](COP(=O)(O)OC[C@@H](O)COP(=O)(O)OC[C@@H](COC(=O)CCCCCCCCC(C)C)OC(=O)CCCCCCCCCCC(C)C)OC(=O)CCCCCCCCCCCCC(C)C. The number of phosphoric acid groups is 2. The van der Waals surface area contributed by atoms with E-state index in [9.17, 15) is 43.2 Å². The predicted octanol–water partition coefficient (Wildman–Crippen LogP) is 18.9. The second kappa shape index (κ2) is 57.9. The van der Waals surface area contributed by atoms with Gasteiger partial charge in [0.1, 0.15) is 19.3 Å². The molecule has 6 atom stereocenters. The summed E-state index contributed by atoms with van der Waals surface area (Å²) < 4.78 is 68.2. The molecule has 0 aromatic carbocycles. The predicted molar refractivity (Wildman–Crippen MR) is 349 cm³/mol. The number of aliphatic hydroxyl groups is 1. The molecule has 0 saturated heterocycles. The maximum atomic E-state index is 13.0. The van der Waals surface area contributed by atoms with E-state index in [0.717, 1.165) is 114 Å². The van der Waals surface area contributed by atoms with Crippen molar-refractivity contribution < 1.29 is 80.2 Å². The van der Waals surface area contributed by atoms with Crippen molar-refractivity contribution in [2.45, 2.75) is 350 Å². The third-order valence-corrected chi connectivity index (χ3v) is 17.8. The number of aliphatic hydroxyl groups excluding tert-OH is 1.